The highest BCUT2D eigenvalue weighted by molar-refractivity contribution is 6.33. The van der Waals surface area contributed by atoms with E-state index in [0.29, 0.717) is 36.9 Å². The Morgan fingerprint density at radius 3 is 2.29 bits per heavy atom. The Morgan fingerprint density at radius 2 is 1.61 bits per heavy atom. The third-order valence-corrected chi connectivity index (χ3v) is 6.18. The van der Waals surface area contributed by atoms with Crippen molar-refractivity contribution >= 4 is 35.1 Å². The number of carbonyl (C=O) groups excluding carboxylic acids is 1. The third-order valence-electron chi connectivity index (χ3n) is 5.87. The van der Waals surface area contributed by atoms with Crippen LogP contribution in [0.5, 0.6) is 0 Å². The number of aryl methyl sites for hydroxylation is 2. The van der Waals surface area contributed by atoms with Gasteiger partial charge in [-0.2, -0.15) is 4.98 Å². The zero-order valence-corrected chi connectivity index (χ0v) is 19.2. The first kappa shape index (κ1) is 21.6. The molecule has 1 aromatic heterocycles. The van der Waals surface area contributed by atoms with Gasteiger partial charge in [0.25, 0.3) is 0 Å². The summed E-state index contributed by atoms with van der Waals surface area (Å²) in [5.74, 6) is 1.74. The smallest absolute Gasteiger partial charge is 0.322 e. The molecule has 4 rings (SSSR count). The van der Waals surface area contributed by atoms with E-state index in [2.05, 4.69) is 38.1 Å². The van der Waals surface area contributed by atoms with E-state index in [1.54, 1.807) is 0 Å². The maximum absolute atomic E-state index is 12.7. The number of rotatable bonds is 3. The van der Waals surface area contributed by atoms with Crippen LogP contribution in [0.15, 0.2) is 24.3 Å². The molecule has 1 aromatic carbocycles. The Labute approximate surface area is 188 Å². The summed E-state index contributed by atoms with van der Waals surface area (Å²) in [6.45, 7) is 10.6. The number of likely N-dealkylation sites (N-methyl/N-ethyl adjacent to an activating group) is 1. The normalized spacial score (nSPS) is 17.7. The number of benzene rings is 1. The average molecular weight is 444 g/mol. The molecule has 3 heterocycles. The maximum Gasteiger partial charge on any atom is 0.322 e. The number of urea groups is 1. The first-order chi connectivity index (χ1) is 14.9. The molecule has 0 atom stereocenters. The SMILES string of the molecule is Cc1ccc(NC(=O)N2CCN(c3nc(C)cc(N4CCN(C)CC4)n3)CC2)c(Cl)c1. The fourth-order valence-electron chi connectivity index (χ4n) is 3.90. The van der Waals surface area contributed by atoms with Crippen molar-refractivity contribution < 1.29 is 4.79 Å². The molecule has 0 saturated carbocycles. The predicted molar refractivity (Wildman–Crippen MR) is 125 cm³/mol. The van der Waals surface area contributed by atoms with Crippen LogP contribution >= 0.6 is 11.6 Å². The first-order valence-electron chi connectivity index (χ1n) is 10.8. The minimum Gasteiger partial charge on any atom is -0.354 e. The zero-order chi connectivity index (χ0) is 22.0. The topological polar surface area (TPSA) is 67.8 Å². The molecule has 0 spiro atoms. The molecule has 1 N–H and O–H groups in total. The van der Waals surface area contributed by atoms with Crippen LogP contribution in [-0.2, 0) is 0 Å². The van der Waals surface area contributed by atoms with Crippen molar-refractivity contribution in [3.05, 3.63) is 40.5 Å². The summed E-state index contributed by atoms with van der Waals surface area (Å²) in [6, 6.07) is 7.55. The van der Waals surface area contributed by atoms with E-state index in [-0.39, 0.29) is 6.03 Å². The monoisotopic (exact) mass is 443 g/mol. The van der Waals surface area contributed by atoms with E-state index in [1.165, 1.54) is 0 Å². The Balaban J connectivity index is 1.37. The average Bonchev–Trinajstić information content (AvgIpc) is 2.76. The van der Waals surface area contributed by atoms with Crippen molar-refractivity contribution in [2.75, 3.05) is 74.5 Å². The molecule has 31 heavy (non-hydrogen) atoms. The van der Waals surface area contributed by atoms with Gasteiger partial charge in [-0.05, 0) is 38.6 Å². The molecule has 2 aliphatic heterocycles. The fourth-order valence-corrected chi connectivity index (χ4v) is 4.18. The second-order valence-electron chi connectivity index (χ2n) is 8.35. The van der Waals surface area contributed by atoms with E-state index < -0.39 is 0 Å². The number of aromatic nitrogens is 2. The summed E-state index contributed by atoms with van der Waals surface area (Å²) in [6.07, 6.45) is 0. The molecule has 0 unspecified atom stereocenters. The highest BCUT2D eigenvalue weighted by Gasteiger charge is 2.24. The lowest BCUT2D eigenvalue weighted by atomic mass is 10.2. The number of hydrogen-bond acceptors (Lipinski definition) is 6. The number of carbonyl (C=O) groups is 1. The minimum absolute atomic E-state index is 0.131. The van der Waals surface area contributed by atoms with Crippen molar-refractivity contribution in [3.63, 3.8) is 0 Å². The Hall–Kier alpha value is -2.58. The van der Waals surface area contributed by atoms with Gasteiger partial charge in [0.05, 0.1) is 10.7 Å². The van der Waals surface area contributed by atoms with E-state index in [0.717, 1.165) is 49.2 Å². The molecular formula is C22H30ClN7O. The third kappa shape index (κ3) is 5.19. The summed E-state index contributed by atoms with van der Waals surface area (Å²) >= 11 is 6.25. The molecule has 166 valence electrons. The van der Waals surface area contributed by atoms with Crippen LogP contribution in [0.4, 0.5) is 22.2 Å². The molecule has 0 aliphatic carbocycles. The van der Waals surface area contributed by atoms with E-state index in [4.69, 9.17) is 16.6 Å². The number of hydrogen-bond donors (Lipinski definition) is 1. The van der Waals surface area contributed by atoms with Gasteiger partial charge in [0.1, 0.15) is 5.82 Å². The number of anilines is 3. The first-order valence-corrected chi connectivity index (χ1v) is 11.1. The zero-order valence-electron chi connectivity index (χ0n) is 18.4. The minimum atomic E-state index is -0.131. The van der Waals surface area contributed by atoms with Crippen molar-refractivity contribution in [3.8, 4) is 0 Å². The van der Waals surface area contributed by atoms with Crippen LogP contribution in [0.1, 0.15) is 11.3 Å². The van der Waals surface area contributed by atoms with Crippen molar-refractivity contribution in [1.29, 1.82) is 0 Å². The summed E-state index contributed by atoms with van der Waals surface area (Å²) in [7, 11) is 2.15. The number of nitrogens with zero attached hydrogens (tertiary/aromatic N) is 6. The van der Waals surface area contributed by atoms with Crippen LogP contribution in [0.2, 0.25) is 5.02 Å². The number of piperazine rings is 2. The van der Waals surface area contributed by atoms with Crippen LogP contribution in [0.25, 0.3) is 0 Å². The largest absolute Gasteiger partial charge is 0.354 e. The summed E-state index contributed by atoms with van der Waals surface area (Å²) < 4.78 is 0. The number of halogens is 1. The van der Waals surface area contributed by atoms with Crippen molar-refractivity contribution in [2.45, 2.75) is 13.8 Å². The van der Waals surface area contributed by atoms with E-state index >= 15 is 0 Å². The van der Waals surface area contributed by atoms with Crippen molar-refractivity contribution in [1.82, 2.24) is 19.8 Å². The molecule has 2 aromatic rings. The van der Waals surface area contributed by atoms with E-state index in [1.807, 2.05) is 36.9 Å². The highest BCUT2D eigenvalue weighted by atomic mass is 35.5. The molecule has 9 heteroatoms. The molecule has 2 saturated heterocycles. The lowest BCUT2D eigenvalue weighted by molar-refractivity contribution is 0.208. The molecule has 8 nitrogen and oxygen atoms in total. The summed E-state index contributed by atoms with van der Waals surface area (Å²) in [4.78, 5) is 30.8. The fraction of sp³-hybridized carbons (Fsp3) is 0.500. The van der Waals surface area contributed by atoms with Gasteiger partial charge >= 0.3 is 6.03 Å². The molecule has 2 aliphatic rings. The predicted octanol–water partition coefficient (Wildman–Crippen LogP) is 2.85. The van der Waals surface area contributed by atoms with Gasteiger partial charge in [0, 0.05) is 64.1 Å². The van der Waals surface area contributed by atoms with Crippen LogP contribution in [0.3, 0.4) is 0 Å². The van der Waals surface area contributed by atoms with E-state index in [9.17, 15) is 4.79 Å². The molecule has 0 bridgehead atoms. The molecule has 0 radical (unpaired) electrons. The molecular weight excluding hydrogens is 414 g/mol. The standard InChI is InChI=1S/C22H30ClN7O/c1-16-4-5-19(18(23)14-16)25-22(31)30-12-10-29(11-13-30)21-24-17(2)15-20(26-21)28-8-6-27(3)7-9-28/h4-5,14-15H,6-13H2,1-3H3,(H,25,31). The Bertz CT molecular complexity index is 937. The number of amides is 2. The lowest BCUT2D eigenvalue weighted by Gasteiger charge is -2.36. The van der Waals surface area contributed by atoms with Gasteiger partial charge in [0.2, 0.25) is 5.95 Å². The quantitative estimate of drug-likeness (QED) is 0.786. The van der Waals surface area contributed by atoms with Crippen LogP contribution in [-0.4, -0.2) is 85.2 Å². The number of nitrogens with one attached hydrogen (secondary N) is 1. The van der Waals surface area contributed by atoms with Gasteiger partial charge in [-0.1, -0.05) is 17.7 Å². The Morgan fingerprint density at radius 1 is 0.935 bits per heavy atom. The van der Waals surface area contributed by atoms with Crippen molar-refractivity contribution in [2.24, 2.45) is 0 Å². The van der Waals surface area contributed by atoms with Gasteiger partial charge < -0.3 is 24.9 Å². The summed E-state index contributed by atoms with van der Waals surface area (Å²) in [5.41, 5.74) is 2.66. The molecule has 2 amide bonds. The maximum atomic E-state index is 12.7. The van der Waals surface area contributed by atoms with Gasteiger partial charge in [-0.3, -0.25) is 0 Å². The lowest BCUT2D eigenvalue weighted by Crippen LogP contribution is -2.50. The summed E-state index contributed by atoms with van der Waals surface area (Å²) in [5, 5.41) is 3.47. The molecule has 2 fully saturated rings. The van der Waals surface area contributed by atoms with Gasteiger partial charge in [-0.25, -0.2) is 9.78 Å². The van der Waals surface area contributed by atoms with Gasteiger partial charge in [-0.15, -0.1) is 0 Å². The van der Waals surface area contributed by atoms with Gasteiger partial charge in [0.15, 0.2) is 0 Å². The highest BCUT2D eigenvalue weighted by Crippen LogP contribution is 2.24. The second kappa shape index (κ2) is 9.28. The second-order valence-corrected chi connectivity index (χ2v) is 8.75. The Kier molecular flexibility index (Phi) is 6.48. The van der Waals surface area contributed by atoms with Crippen LogP contribution in [0, 0.1) is 13.8 Å². The van der Waals surface area contributed by atoms with Crippen LogP contribution < -0.4 is 15.1 Å².